The Bertz CT molecular complexity index is 529. The summed E-state index contributed by atoms with van der Waals surface area (Å²) in [5.41, 5.74) is 8.22. The molecule has 0 bridgehead atoms. The van der Waals surface area contributed by atoms with E-state index in [2.05, 4.69) is 4.74 Å². The van der Waals surface area contributed by atoms with Crippen LogP contribution in [0.5, 0.6) is 0 Å². The summed E-state index contributed by atoms with van der Waals surface area (Å²) in [4.78, 5) is 11.2. The van der Waals surface area contributed by atoms with Crippen molar-refractivity contribution in [1.29, 1.82) is 0 Å². The maximum Gasteiger partial charge on any atom is 0.373 e. The van der Waals surface area contributed by atoms with E-state index < -0.39 is 5.97 Å². The molecule has 0 saturated carbocycles. The maximum atomic E-state index is 11.2. The van der Waals surface area contributed by atoms with Crippen molar-refractivity contribution in [2.75, 3.05) is 7.11 Å². The minimum absolute atomic E-state index is 0.172. The number of aryl methyl sites for hydroxylation is 1. The van der Waals surface area contributed by atoms with Crippen LogP contribution in [0.15, 0.2) is 27.3 Å². The number of methoxy groups -OCH3 is 1. The first-order chi connectivity index (χ1) is 8.13. The molecule has 2 N–H and O–H groups in total. The fraction of sp³-hybridized carbons (Fsp3) is 0.250. The molecule has 2 aromatic heterocycles. The summed E-state index contributed by atoms with van der Waals surface area (Å²) >= 11 is 1.59. The molecule has 5 heteroatoms. The van der Waals surface area contributed by atoms with Crippen LogP contribution in [-0.4, -0.2) is 13.1 Å². The molecule has 17 heavy (non-hydrogen) atoms. The Hall–Kier alpha value is -1.59. The van der Waals surface area contributed by atoms with Gasteiger partial charge in [0.1, 0.15) is 5.76 Å². The van der Waals surface area contributed by atoms with E-state index in [-0.39, 0.29) is 11.8 Å². The van der Waals surface area contributed by atoms with E-state index in [0.29, 0.717) is 5.76 Å². The monoisotopic (exact) mass is 251 g/mol. The number of thiophene rings is 1. The largest absolute Gasteiger partial charge is 0.463 e. The normalized spacial score (nSPS) is 12.4. The van der Waals surface area contributed by atoms with Crippen LogP contribution < -0.4 is 5.73 Å². The lowest BCUT2D eigenvalue weighted by Crippen LogP contribution is -2.11. The second kappa shape index (κ2) is 4.73. The number of hydrogen-bond donors (Lipinski definition) is 1. The van der Waals surface area contributed by atoms with Crippen molar-refractivity contribution in [3.05, 3.63) is 45.5 Å². The number of nitrogens with two attached hydrogens (primary N) is 1. The van der Waals surface area contributed by atoms with Crippen LogP contribution >= 0.6 is 11.3 Å². The van der Waals surface area contributed by atoms with Gasteiger partial charge >= 0.3 is 5.97 Å². The summed E-state index contributed by atoms with van der Waals surface area (Å²) in [5, 5.41) is 4.01. The van der Waals surface area contributed by atoms with Crippen molar-refractivity contribution in [1.82, 2.24) is 0 Å². The highest BCUT2D eigenvalue weighted by Gasteiger charge is 2.18. The first-order valence-electron chi connectivity index (χ1n) is 5.09. The molecular weight excluding hydrogens is 238 g/mol. The quantitative estimate of drug-likeness (QED) is 0.851. The number of esters is 1. The van der Waals surface area contributed by atoms with Crippen molar-refractivity contribution in [3.63, 3.8) is 0 Å². The number of carbonyl (C=O) groups excluding carboxylic acids is 1. The predicted octanol–water partition coefficient (Wildman–Crippen LogP) is 2.48. The second-order valence-electron chi connectivity index (χ2n) is 3.68. The van der Waals surface area contributed by atoms with Gasteiger partial charge in [-0.05, 0) is 40.9 Å². The highest BCUT2D eigenvalue weighted by atomic mass is 32.1. The zero-order valence-electron chi connectivity index (χ0n) is 9.60. The highest BCUT2D eigenvalue weighted by Crippen LogP contribution is 2.26. The van der Waals surface area contributed by atoms with Crippen LogP contribution in [0.3, 0.4) is 0 Å². The molecule has 0 radical (unpaired) electrons. The van der Waals surface area contributed by atoms with Gasteiger partial charge in [-0.1, -0.05) is 0 Å². The molecule has 0 amide bonds. The topological polar surface area (TPSA) is 65.5 Å². The van der Waals surface area contributed by atoms with Gasteiger partial charge in [0, 0.05) is 0 Å². The molecule has 2 aromatic rings. The number of ether oxygens (including phenoxy) is 1. The molecule has 90 valence electrons. The summed E-state index contributed by atoms with van der Waals surface area (Å²) in [6.07, 6.45) is 0. The molecule has 2 heterocycles. The lowest BCUT2D eigenvalue weighted by Gasteiger charge is -2.08. The standard InChI is InChI=1S/C12H13NO3S/c1-7-5-17-6-8(7)11(13)9-3-4-10(16-9)12(14)15-2/h3-6,11H,13H2,1-2H3. The third-order valence-corrected chi connectivity index (χ3v) is 3.43. The van der Waals surface area contributed by atoms with Gasteiger partial charge in [0.15, 0.2) is 0 Å². The van der Waals surface area contributed by atoms with Crippen LogP contribution in [0.2, 0.25) is 0 Å². The fourth-order valence-corrected chi connectivity index (χ4v) is 2.46. The molecule has 0 aliphatic rings. The summed E-state index contributed by atoms with van der Waals surface area (Å²) in [6, 6.07) is 2.93. The molecule has 1 atom stereocenters. The van der Waals surface area contributed by atoms with Gasteiger partial charge < -0.3 is 14.9 Å². The molecule has 2 rings (SSSR count). The van der Waals surface area contributed by atoms with Gasteiger partial charge in [-0.25, -0.2) is 4.79 Å². The van der Waals surface area contributed by atoms with Crippen molar-refractivity contribution in [3.8, 4) is 0 Å². The van der Waals surface area contributed by atoms with Gasteiger partial charge in [0.05, 0.1) is 13.2 Å². The van der Waals surface area contributed by atoms with Gasteiger partial charge in [-0.3, -0.25) is 0 Å². The van der Waals surface area contributed by atoms with Gasteiger partial charge in [0.2, 0.25) is 5.76 Å². The lowest BCUT2D eigenvalue weighted by molar-refractivity contribution is 0.0562. The Morgan fingerprint density at radius 1 is 1.47 bits per heavy atom. The van der Waals surface area contributed by atoms with Gasteiger partial charge in [0.25, 0.3) is 0 Å². The summed E-state index contributed by atoms with van der Waals surface area (Å²) in [6.45, 7) is 2.00. The first-order valence-corrected chi connectivity index (χ1v) is 6.04. The number of furan rings is 1. The van der Waals surface area contributed by atoms with E-state index in [9.17, 15) is 4.79 Å². The zero-order chi connectivity index (χ0) is 12.4. The number of carbonyl (C=O) groups is 1. The summed E-state index contributed by atoms with van der Waals surface area (Å²) < 4.78 is 9.95. The van der Waals surface area contributed by atoms with Crippen LogP contribution in [-0.2, 0) is 4.74 Å². The molecule has 0 aliphatic heterocycles. The van der Waals surface area contributed by atoms with Crippen LogP contribution in [0.25, 0.3) is 0 Å². The average Bonchev–Trinajstić information content (AvgIpc) is 2.95. The Kier molecular flexibility index (Phi) is 3.31. The van der Waals surface area contributed by atoms with Crippen LogP contribution in [0.1, 0.15) is 33.5 Å². The molecule has 0 spiro atoms. The average molecular weight is 251 g/mol. The van der Waals surface area contributed by atoms with Crippen molar-refractivity contribution < 1.29 is 13.9 Å². The Labute approximate surface area is 103 Å². The van der Waals surface area contributed by atoms with Crippen molar-refractivity contribution >= 4 is 17.3 Å². The maximum absolute atomic E-state index is 11.2. The molecule has 0 fully saturated rings. The van der Waals surface area contributed by atoms with E-state index in [4.69, 9.17) is 10.2 Å². The van der Waals surface area contributed by atoms with Crippen molar-refractivity contribution in [2.45, 2.75) is 13.0 Å². The molecule has 4 nitrogen and oxygen atoms in total. The van der Waals surface area contributed by atoms with Crippen LogP contribution in [0.4, 0.5) is 0 Å². The Morgan fingerprint density at radius 3 is 2.82 bits per heavy atom. The highest BCUT2D eigenvalue weighted by molar-refractivity contribution is 7.08. The minimum Gasteiger partial charge on any atom is -0.463 e. The molecule has 0 aromatic carbocycles. The van der Waals surface area contributed by atoms with E-state index in [1.807, 2.05) is 17.7 Å². The SMILES string of the molecule is COC(=O)c1ccc(C(N)c2cscc2C)o1. The Balaban J connectivity index is 2.26. The van der Waals surface area contributed by atoms with Crippen LogP contribution in [0, 0.1) is 6.92 Å². The van der Waals surface area contributed by atoms with Gasteiger partial charge in [-0.2, -0.15) is 11.3 Å². The van der Waals surface area contributed by atoms with Gasteiger partial charge in [-0.15, -0.1) is 0 Å². The fourth-order valence-electron chi connectivity index (χ4n) is 1.57. The molecule has 1 unspecified atom stereocenters. The number of hydrogen-bond acceptors (Lipinski definition) is 5. The van der Waals surface area contributed by atoms with E-state index >= 15 is 0 Å². The predicted molar refractivity (Wildman–Crippen MR) is 65.1 cm³/mol. The second-order valence-corrected chi connectivity index (χ2v) is 4.42. The third-order valence-electron chi connectivity index (χ3n) is 2.55. The number of rotatable bonds is 3. The van der Waals surface area contributed by atoms with E-state index in [1.54, 1.807) is 23.5 Å². The molecule has 0 saturated heterocycles. The van der Waals surface area contributed by atoms with E-state index in [0.717, 1.165) is 11.1 Å². The van der Waals surface area contributed by atoms with Crippen molar-refractivity contribution in [2.24, 2.45) is 5.73 Å². The molecule has 0 aliphatic carbocycles. The first kappa shape index (κ1) is 11.9. The Morgan fingerprint density at radius 2 is 2.24 bits per heavy atom. The third kappa shape index (κ3) is 2.25. The zero-order valence-corrected chi connectivity index (χ0v) is 10.4. The van der Waals surface area contributed by atoms with E-state index in [1.165, 1.54) is 7.11 Å². The summed E-state index contributed by atoms with van der Waals surface area (Å²) in [7, 11) is 1.31. The lowest BCUT2D eigenvalue weighted by atomic mass is 10.1. The summed E-state index contributed by atoms with van der Waals surface area (Å²) in [5.74, 6) is 0.239. The minimum atomic E-state index is -0.495. The molecular formula is C12H13NO3S. The smallest absolute Gasteiger partial charge is 0.373 e.